The molecule has 0 radical (unpaired) electrons. The summed E-state index contributed by atoms with van der Waals surface area (Å²) < 4.78 is 67.5. The average Bonchev–Trinajstić information content (AvgIpc) is 3.03. The number of nitrogens with one attached hydrogen (secondary N) is 2. The fourth-order valence-corrected chi connectivity index (χ4v) is 3.01. The zero-order valence-electron chi connectivity index (χ0n) is 12.7. The second kappa shape index (κ2) is 7.16. The summed E-state index contributed by atoms with van der Waals surface area (Å²) in [5, 5.41) is 0.426. The Morgan fingerprint density at radius 2 is 1.88 bits per heavy atom. The molecule has 26 heavy (non-hydrogen) atoms. The third-order valence-electron chi connectivity index (χ3n) is 3.31. The van der Waals surface area contributed by atoms with Crippen LogP contribution in [0.5, 0.6) is 0 Å². The lowest BCUT2D eigenvalue weighted by Crippen LogP contribution is -2.09. The molecule has 3 nitrogen and oxygen atoms in total. The van der Waals surface area contributed by atoms with Crippen LogP contribution in [0.15, 0.2) is 47.6 Å². The number of alkyl halides is 3. The standard InChI is InChI=1S/C16H9ClF5N3S/c17-10-2-1-3-23-15(10)14-4-8(7-24-14)26-25-13-6-11(18)9(5-12(13)19)16(20,21)22/h1-7,24-25H. The summed E-state index contributed by atoms with van der Waals surface area (Å²) in [5.74, 6) is -2.77. The van der Waals surface area contributed by atoms with Gasteiger partial charge in [-0.1, -0.05) is 11.6 Å². The van der Waals surface area contributed by atoms with E-state index in [4.69, 9.17) is 11.6 Å². The number of nitrogens with zero attached hydrogens (tertiary/aromatic N) is 1. The van der Waals surface area contributed by atoms with E-state index in [1.54, 1.807) is 30.6 Å². The zero-order chi connectivity index (χ0) is 18.9. The van der Waals surface area contributed by atoms with Gasteiger partial charge in [-0.25, -0.2) is 8.78 Å². The summed E-state index contributed by atoms with van der Waals surface area (Å²) >= 11 is 6.93. The number of halogens is 6. The summed E-state index contributed by atoms with van der Waals surface area (Å²) in [4.78, 5) is 7.63. The second-order valence-electron chi connectivity index (χ2n) is 5.10. The van der Waals surface area contributed by atoms with Crippen molar-refractivity contribution in [2.24, 2.45) is 0 Å². The number of benzene rings is 1. The molecular weight excluding hydrogens is 397 g/mol. The van der Waals surface area contributed by atoms with Crippen molar-refractivity contribution < 1.29 is 22.0 Å². The van der Waals surface area contributed by atoms with Gasteiger partial charge in [0.05, 0.1) is 22.0 Å². The number of hydrogen-bond donors (Lipinski definition) is 2. The number of hydrogen-bond acceptors (Lipinski definition) is 3. The van der Waals surface area contributed by atoms with Crippen LogP contribution in [0.4, 0.5) is 27.6 Å². The Morgan fingerprint density at radius 3 is 2.58 bits per heavy atom. The number of anilines is 1. The topological polar surface area (TPSA) is 40.7 Å². The molecule has 0 fully saturated rings. The van der Waals surface area contributed by atoms with Crippen molar-refractivity contribution >= 4 is 29.2 Å². The minimum Gasteiger partial charge on any atom is -0.359 e. The Labute approximate surface area is 153 Å². The predicted molar refractivity (Wildman–Crippen MR) is 89.9 cm³/mol. The molecule has 0 unspecified atom stereocenters. The van der Waals surface area contributed by atoms with Gasteiger partial charge in [-0.3, -0.25) is 4.98 Å². The average molecular weight is 406 g/mol. The molecule has 3 aromatic rings. The molecule has 3 rings (SSSR count). The Bertz CT molecular complexity index is 942. The van der Waals surface area contributed by atoms with E-state index in [1.807, 2.05) is 0 Å². The quantitative estimate of drug-likeness (QED) is 0.404. The monoisotopic (exact) mass is 405 g/mol. The molecule has 0 saturated carbocycles. The van der Waals surface area contributed by atoms with Crippen LogP contribution >= 0.6 is 23.5 Å². The lowest BCUT2D eigenvalue weighted by Gasteiger charge is -2.11. The highest BCUT2D eigenvalue weighted by Gasteiger charge is 2.35. The first-order valence-electron chi connectivity index (χ1n) is 7.04. The summed E-state index contributed by atoms with van der Waals surface area (Å²) in [7, 11) is 0. The molecule has 136 valence electrons. The Balaban J connectivity index is 1.76. The van der Waals surface area contributed by atoms with Crippen LogP contribution in [0.1, 0.15) is 5.56 Å². The molecule has 0 bridgehead atoms. The molecule has 1 aromatic carbocycles. The maximum absolute atomic E-state index is 13.8. The van der Waals surface area contributed by atoms with Crippen molar-refractivity contribution in [2.75, 3.05) is 4.72 Å². The zero-order valence-corrected chi connectivity index (χ0v) is 14.2. The van der Waals surface area contributed by atoms with E-state index in [1.165, 1.54) is 0 Å². The summed E-state index contributed by atoms with van der Waals surface area (Å²) in [6.07, 6.45) is -1.84. The Hall–Kier alpha value is -2.26. The van der Waals surface area contributed by atoms with Gasteiger partial charge in [-0.05, 0) is 36.2 Å². The summed E-state index contributed by atoms with van der Waals surface area (Å²) in [6.45, 7) is 0. The van der Waals surface area contributed by atoms with Crippen molar-refractivity contribution in [1.82, 2.24) is 9.97 Å². The molecule has 0 aliphatic rings. The second-order valence-corrected chi connectivity index (χ2v) is 6.38. The first-order chi connectivity index (χ1) is 12.3. The number of aromatic amines is 1. The molecular formula is C16H9ClF5N3S. The van der Waals surface area contributed by atoms with Gasteiger partial charge < -0.3 is 9.71 Å². The van der Waals surface area contributed by atoms with Crippen LogP contribution < -0.4 is 4.72 Å². The van der Waals surface area contributed by atoms with Crippen LogP contribution in [0.3, 0.4) is 0 Å². The molecule has 0 saturated heterocycles. The van der Waals surface area contributed by atoms with Gasteiger partial charge in [0.2, 0.25) is 0 Å². The highest BCUT2D eigenvalue weighted by Crippen LogP contribution is 2.35. The van der Waals surface area contributed by atoms with E-state index >= 15 is 0 Å². The maximum Gasteiger partial charge on any atom is 0.419 e. The lowest BCUT2D eigenvalue weighted by molar-refractivity contribution is -0.140. The van der Waals surface area contributed by atoms with E-state index in [-0.39, 0.29) is 6.07 Å². The third-order valence-corrected chi connectivity index (χ3v) is 4.41. The largest absolute Gasteiger partial charge is 0.419 e. The van der Waals surface area contributed by atoms with Gasteiger partial charge in [0.15, 0.2) is 0 Å². The number of aromatic nitrogens is 2. The summed E-state index contributed by atoms with van der Waals surface area (Å²) in [6, 6.07) is 5.58. The Kier molecular flexibility index (Phi) is 5.10. The van der Waals surface area contributed by atoms with Gasteiger partial charge in [-0.2, -0.15) is 13.2 Å². The number of H-pyrrole nitrogens is 1. The predicted octanol–water partition coefficient (Wildman–Crippen LogP) is 6.15. The van der Waals surface area contributed by atoms with E-state index < -0.39 is 29.1 Å². The van der Waals surface area contributed by atoms with Crippen LogP contribution in [0, 0.1) is 11.6 Å². The van der Waals surface area contributed by atoms with Crippen molar-refractivity contribution in [2.45, 2.75) is 11.1 Å². The van der Waals surface area contributed by atoms with Crippen molar-refractivity contribution in [3.8, 4) is 11.4 Å². The van der Waals surface area contributed by atoms with Gasteiger partial charge >= 0.3 is 6.18 Å². The van der Waals surface area contributed by atoms with Crippen molar-refractivity contribution in [3.63, 3.8) is 0 Å². The highest BCUT2D eigenvalue weighted by atomic mass is 35.5. The van der Waals surface area contributed by atoms with Gasteiger partial charge in [0.1, 0.15) is 17.3 Å². The van der Waals surface area contributed by atoms with Crippen LogP contribution in [0.25, 0.3) is 11.4 Å². The molecule has 2 N–H and O–H groups in total. The number of pyridine rings is 1. The normalized spacial score (nSPS) is 11.6. The fraction of sp³-hybridized carbons (Fsp3) is 0.0625. The molecule has 10 heteroatoms. The van der Waals surface area contributed by atoms with Gasteiger partial charge in [0, 0.05) is 23.4 Å². The van der Waals surface area contributed by atoms with E-state index in [0.29, 0.717) is 27.4 Å². The van der Waals surface area contributed by atoms with Crippen LogP contribution in [0.2, 0.25) is 5.02 Å². The first kappa shape index (κ1) is 18.5. The molecule has 0 aliphatic heterocycles. The van der Waals surface area contributed by atoms with Crippen molar-refractivity contribution in [1.29, 1.82) is 0 Å². The molecule has 0 atom stereocenters. The smallest absolute Gasteiger partial charge is 0.359 e. The van der Waals surface area contributed by atoms with Gasteiger partial charge in [-0.15, -0.1) is 0 Å². The van der Waals surface area contributed by atoms with Crippen LogP contribution in [-0.4, -0.2) is 9.97 Å². The minimum absolute atomic E-state index is 0.119. The fourth-order valence-electron chi connectivity index (χ4n) is 2.11. The minimum atomic E-state index is -4.96. The lowest BCUT2D eigenvalue weighted by atomic mass is 10.2. The van der Waals surface area contributed by atoms with E-state index in [9.17, 15) is 22.0 Å². The highest BCUT2D eigenvalue weighted by molar-refractivity contribution is 8.00. The van der Waals surface area contributed by atoms with E-state index in [2.05, 4.69) is 14.7 Å². The molecule has 0 amide bonds. The Morgan fingerprint density at radius 1 is 1.12 bits per heavy atom. The molecule has 2 aromatic heterocycles. The van der Waals surface area contributed by atoms with E-state index in [0.717, 1.165) is 11.9 Å². The first-order valence-corrected chi connectivity index (χ1v) is 8.23. The molecule has 2 heterocycles. The SMILES string of the molecule is Fc1cc(C(F)(F)F)c(F)cc1NSc1c[nH]c(-c2ncccc2Cl)c1. The number of rotatable bonds is 4. The van der Waals surface area contributed by atoms with Gasteiger partial charge in [0.25, 0.3) is 0 Å². The molecule has 0 spiro atoms. The summed E-state index contributed by atoms with van der Waals surface area (Å²) in [5.41, 5.74) is -0.954. The maximum atomic E-state index is 13.8. The van der Waals surface area contributed by atoms with Crippen molar-refractivity contribution in [3.05, 3.63) is 64.9 Å². The molecule has 0 aliphatic carbocycles. The third kappa shape index (κ3) is 3.94. The van der Waals surface area contributed by atoms with Crippen LogP contribution in [-0.2, 0) is 6.18 Å².